The molecule has 1 atom stereocenters. The normalized spacial score (nSPS) is 16.7. The number of ether oxygens (including phenoxy) is 2. The number of hydrogen-bond donors (Lipinski definition) is 1. The molecule has 0 aliphatic carbocycles. The van der Waals surface area contributed by atoms with Gasteiger partial charge in [-0.1, -0.05) is 6.07 Å². The number of hydrogen-bond acceptors (Lipinski definition) is 6. The lowest BCUT2D eigenvalue weighted by atomic mass is 10.00. The molecule has 38 heavy (non-hydrogen) atoms. The lowest BCUT2D eigenvalue weighted by Crippen LogP contribution is -2.59. The van der Waals surface area contributed by atoms with E-state index in [1.54, 1.807) is 54.4 Å². The SMILES string of the molecule is COc1ccc(-c2ccc3c(c2)C(=O)N2CCN(C(=O)c4ccc(N(C)C)cc4)C[C@H]2C(=O)N3)c(OC)c1. The molecule has 0 unspecified atom stereocenters. The van der Waals surface area contributed by atoms with Crippen molar-refractivity contribution >= 4 is 29.1 Å². The maximum atomic E-state index is 13.7. The van der Waals surface area contributed by atoms with Gasteiger partial charge in [-0.3, -0.25) is 14.4 Å². The van der Waals surface area contributed by atoms with Crippen LogP contribution in [0.3, 0.4) is 0 Å². The zero-order valence-electron chi connectivity index (χ0n) is 21.9. The molecular weight excluding hydrogens is 484 g/mol. The molecule has 3 aromatic rings. The van der Waals surface area contributed by atoms with Gasteiger partial charge in [-0.15, -0.1) is 0 Å². The quantitative estimate of drug-likeness (QED) is 0.562. The van der Waals surface area contributed by atoms with Crippen molar-refractivity contribution in [3.8, 4) is 22.6 Å². The fourth-order valence-electron chi connectivity index (χ4n) is 4.93. The Morgan fingerprint density at radius 1 is 0.921 bits per heavy atom. The van der Waals surface area contributed by atoms with Crippen molar-refractivity contribution in [1.82, 2.24) is 9.80 Å². The van der Waals surface area contributed by atoms with Gasteiger partial charge in [-0.2, -0.15) is 0 Å². The van der Waals surface area contributed by atoms with Crippen molar-refractivity contribution in [3.05, 3.63) is 71.8 Å². The summed E-state index contributed by atoms with van der Waals surface area (Å²) in [5.41, 5.74) is 3.96. The summed E-state index contributed by atoms with van der Waals surface area (Å²) in [6.45, 7) is 0.720. The van der Waals surface area contributed by atoms with Crippen molar-refractivity contribution in [1.29, 1.82) is 0 Å². The molecule has 2 aliphatic heterocycles. The highest BCUT2D eigenvalue weighted by atomic mass is 16.5. The van der Waals surface area contributed by atoms with Crippen molar-refractivity contribution in [2.24, 2.45) is 0 Å². The second-order valence-corrected chi connectivity index (χ2v) is 9.52. The van der Waals surface area contributed by atoms with Gasteiger partial charge in [-0.05, 0) is 54.1 Å². The number of nitrogens with zero attached hydrogens (tertiary/aromatic N) is 3. The number of nitrogens with one attached hydrogen (secondary N) is 1. The van der Waals surface area contributed by atoms with E-state index in [0.29, 0.717) is 34.9 Å². The van der Waals surface area contributed by atoms with E-state index in [4.69, 9.17) is 9.47 Å². The highest BCUT2D eigenvalue weighted by Crippen LogP contribution is 2.36. The van der Waals surface area contributed by atoms with E-state index in [2.05, 4.69) is 5.32 Å². The Morgan fingerprint density at radius 3 is 2.37 bits per heavy atom. The van der Waals surface area contributed by atoms with Gasteiger partial charge in [-0.25, -0.2) is 0 Å². The average Bonchev–Trinajstić information content (AvgIpc) is 3.05. The number of rotatable bonds is 5. The first-order valence-corrected chi connectivity index (χ1v) is 12.4. The Labute approximate surface area is 221 Å². The molecule has 9 heteroatoms. The minimum Gasteiger partial charge on any atom is -0.497 e. The number of carbonyl (C=O) groups is 3. The van der Waals surface area contributed by atoms with Crippen molar-refractivity contribution in [3.63, 3.8) is 0 Å². The first-order chi connectivity index (χ1) is 18.3. The predicted octanol–water partition coefficient (Wildman–Crippen LogP) is 3.36. The number of piperazine rings is 1. The second kappa shape index (κ2) is 10.1. The molecular formula is C29H30N4O5. The molecule has 0 saturated carbocycles. The molecule has 0 bridgehead atoms. The Hall–Kier alpha value is -4.53. The highest BCUT2D eigenvalue weighted by Gasteiger charge is 2.40. The van der Waals surface area contributed by atoms with Crippen LogP contribution in [0.2, 0.25) is 0 Å². The molecule has 5 rings (SSSR count). The van der Waals surface area contributed by atoms with Crippen LogP contribution in [-0.2, 0) is 4.79 Å². The molecule has 2 aliphatic rings. The van der Waals surface area contributed by atoms with Gasteiger partial charge >= 0.3 is 0 Å². The molecule has 196 valence electrons. The predicted molar refractivity (Wildman–Crippen MR) is 145 cm³/mol. The summed E-state index contributed by atoms with van der Waals surface area (Å²) in [5.74, 6) is 0.545. The maximum absolute atomic E-state index is 13.7. The van der Waals surface area contributed by atoms with Crippen LogP contribution < -0.4 is 19.7 Å². The van der Waals surface area contributed by atoms with E-state index in [1.165, 1.54) is 0 Å². The minimum atomic E-state index is -0.785. The number of benzene rings is 3. The molecule has 1 fully saturated rings. The van der Waals surface area contributed by atoms with E-state index in [9.17, 15) is 14.4 Å². The third-order valence-electron chi connectivity index (χ3n) is 7.09. The Kier molecular flexibility index (Phi) is 6.67. The van der Waals surface area contributed by atoms with Gasteiger partial charge in [0.2, 0.25) is 5.91 Å². The Balaban J connectivity index is 1.40. The van der Waals surface area contributed by atoms with E-state index >= 15 is 0 Å². The van der Waals surface area contributed by atoms with Crippen LogP contribution in [-0.4, -0.2) is 81.5 Å². The van der Waals surface area contributed by atoms with Crippen molar-refractivity contribution < 1.29 is 23.9 Å². The smallest absolute Gasteiger partial charge is 0.256 e. The molecule has 3 amide bonds. The van der Waals surface area contributed by atoms with Crippen molar-refractivity contribution in [2.45, 2.75) is 6.04 Å². The van der Waals surface area contributed by atoms with Crippen LogP contribution >= 0.6 is 0 Å². The number of fused-ring (bicyclic) bond motifs is 2. The number of carbonyl (C=O) groups excluding carboxylic acids is 3. The second-order valence-electron chi connectivity index (χ2n) is 9.52. The van der Waals surface area contributed by atoms with Crippen LogP contribution in [0.15, 0.2) is 60.7 Å². The Morgan fingerprint density at radius 2 is 1.68 bits per heavy atom. The van der Waals surface area contributed by atoms with Gasteiger partial charge in [0.25, 0.3) is 11.8 Å². The standard InChI is InChI=1S/C29H30N4O5/c1-31(2)20-8-5-18(6-9-20)28(35)32-13-14-33-25(17-32)27(34)30-24-12-7-19(15-23(24)29(33)36)22-11-10-21(37-3)16-26(22)38-4/h5-12,15-16,25H,13-14,17H2,1-4H3,(H,30,34)/t25-/m0/s1. The van der Waals surface area contributed by atoms with E-state index in [-0.39, 0.29) is 30.8 Å². The van der Waals surface area contributed by atoms with Crippen LogP contribution in [0, 0.1) is 0 Å². The van der Waals surface area contributed by atoms with E-state index in [0.717, 1.165) is 16.8 Å². The zero-order valence-corrected chi connectivity index (χ0v) is 21.9. The van der Waals surface area contributed by atoms with Gasteiger partial charge in [0.1, 0.15) is 17.5 Å². The summed E-state index contributed by atoms with van der Waals surface area (Å²) in [6.07, 6.45) is 0. The maximum Gasteiger partial charge on any atom is 0.256 e. The summed E-state index contributed by atoms with van der Waals surface area (Å²) < 4.78 is 10.8. The number of anilines is 2. The van der Waals surface area contributed by atoms with Gasteiger partial charge in [0.15, 0.2) is 0 Å². The molecule has 0 radical (unpaired) electrons. The molecule has 1 saturated heterocycles. The monoisotopic (exact) mass is 514 g/mol. The summed E-state index contributed by atoms with van der Waals surface area (Å²) in [5, 5.41) is 2.90. The molecule has 3 aromatic carbocycles. The lowest BCUT2D eigenvalue weighted by Gasteiger charge is -2.39. The fourth-order valence-corrected chi connectivity index (χ4v) is 4.93. The summed E-state index contributed by atoms with van der Waals surface area (Å²) in [7, 11) is 7.04. The topological polar surface area (TPSA) is 91.4 Å². The van der Waals surface area contributed by atoms with E-state index in [1.807, 2.05) is 49.3 Å². The summed E-state index contributed by atoms with van der Waals surface area (Å²) in [4.78, 5) is 45.3. The largest absolute Gasteiger partial charge is 0.497 e. The molecule has 0 aromatic heterocycles. The minimum absolute atomic E-state index is 0.124. The van der Waals surface area contributed by atoms with Crippen LogP contribution in [0.1, 0.15) is 20.7 Å². The molecule has 2 heterocycles. The average molecular weight is 515 g/mol. The summed E-state index contributed by atoms with van der Waals surface area (Å²) >= 11 is 0. The lowest BCUT2D eigenvalue weighted by molar-refractivity contribution is -0.121. The summed E-state index contributed by atoms with van der Waals surface area (Å²) in [6, 6.07) is 17.4. The number of amides is 3. The number of methoxy groups -OCH3 is 2. The molecule has 9 nitrogen and oxygen atoms in total. The van der Waals surface area contributed by atoms with E-state index < -0.39 is 6.04 Å². The van der Waals surface area contributed by atoms with Crippen LogP contribution in [0.5, 0.6) is 11.5 Å². The molecule has 1 N–H and O–H groups in total. The van der Waals surface area contributed by atoms with Crippen LogP contribution in [0.4, 0.5) is 11.4 Å². The van der Waals surface area contributed by atoms with Gasteiger partial charge < -0.3 is 29.5 Å². The van der Waals surface area contributed by atoms with Crippen LogP contribution in [0.25, 0.3) is 11.1 Å². The molecule has 0 spiro atoms. The zero-order chi connectivity index (χ0) is 27.0. The third-order valence-corrected chi connectivity index (χ3v) is 7.09. The van der Waals surface area contributed by atoms with Gasteiger partial charge in [0, 0.05) is 50.1 Å². The van der Waals surface area contributed by atoms with Crippen molar-refractivity contribution in [2.75, 3.05) is 58.2 Å². The Bertz CT molecular complexity index is 1400. The highest BCUT2D eigenvalue weighted by molar-refractivity contribution is 6.11. The fraction of sp³-hybridized carbons (Fsp3) is 0.276. The first-order valence-electron chi connectivity index (χ1n) is 12.4. The first kappa shape index (κ1) is 25.1. The van der Waals surface area contributed by atoms with Gasteiger partial charge in [0.05, 0.1) is 32.0 Å². The third kappa shape index (κ3) is 4.51.